The molecule has 19 heavy (non-hydrogen) atoms. The lowest BCUT2D eigenvalue weighted by atomic mass is 10.0. The zero-order valence-electron chi connectivity index (χ0n) is 10.3. The largest absolute Gasteiger partial charge is 0.398 e. The number of benzene rings is 2. The van der Waals surface area contributed by atoms with Crippen molar-refractivity contribution < 1.29 is 0 Å². The number of nitrogens with zero attached hydrogens (tertiary/aromatic N) is 1. The normalized spacial score (nSPS) is 10.8. The van der Waals surface area contributed by atoms with Crippen molar-refractivity contribution in [3.05, 3.63) is 70.9 Å². The van der Waals surface area contributed by atoms with Crippen molar-refractivity contribution in [3.8, 4) is 0 Å². The van der Waals surface area contributed by atoms with E-state index in [0.717, 1.165) is 22.9 Å². The van der Waals surface area contributed by atoms with Gasteiger partial charge >= 0.3 is 0 Å². The number of aromatic nitrogens is 1. The molecule has 2 aromatic carbocycles. The summed E-state index contributed by atoms with van der Waals surface area (Å²) in [4.78, 5) is 4.46. The van der Waals surface area contributed by atoms with Gasteiger partial charge in [0.1, 0.15) is 0 Å². The summed E-state index contributed by atoms with van der Waals surface area (Å²) in [6.07, 6.45) is 2.71. The number of pyridine rings is 1. The Hall–Kier alpha value is -2.06. The number of para-hydroxylation sites is 1. The van der Waals surface area contributed by atoms with Gasteiger partial charge in [-0.3, -0.25) is 4.98 Å². The van der Waals surface area contributed by atoms with Gasteiger partial charge in [-0.25, -0.2) is 0 Å². The van der Waals surface area contributed by atoms with Crippen LogP contribution in [0.25, 0.3) is 10.9 Å². The predicted molar refractivity (Wildman–Crippen MR) is 80.4 cm³/mol. The van der Waals surface area contributed by atoms with Crippen molar-refractivity contribution in [2.45, 2.75) is 6.42 Å². The highest BCUT2D eigenvalue weighted by Crippen LogP contribution is 2.22. The second kappa shape index (κ2) is 4.90. The summed E-state index contributed by atoms with van der Waals surface area (Å²) < 4.78 is 0. The molecular formula is C16H13ClN2. The molecule has 0 unspecified atom stereocenters. The van der Waals surface area contributed by atoms with Gasteiger partial charge in [0.05, 0.1) is 16.2 Å². The Kier molecular flexibility index (Phi) is 3.10. The van der Waals surface area contributed by atoms with Crippen LogP contribution in [0, 0.1) is 0 Å². The van der Waals surface area contributed by atoms with E-state index in [0.29, 0.717) is 10.7 Å². The van der Waals surface area contributed by atoms with Gasteiger partial charge in [0.15, 0.2) is 0 Å². The number of fused-ring (bicyclic) bond motifs is 1. The summed E-state index contributed by atoms with van der Waals surface area (Å²) in [7, 11) is 0. The molecule has 0 amide bonds. The number of hydrogen-bond acceptors (Lipinski definition) is 2. The third kappa shape index (κ3) is 2.54. The molecular weight excluding hydrogens is 256 g/mol. The standard InChI is InChI=1S/C16H13ClN2/c17-14-9-11(5-6-15(14)18)7-12-8-13-3-1-2-4-16(13)19-10-12/h1-6,8-10H,7,18H2. The highest BCUT2D eigenvalue weighted by Gasteiger charge is 2.02. The van der Waals surface area contributed by atoms with Crippen LogP contribution in [0.15, 0.2) is 54.7 Å². The molecule has 0 saturated heterocycles. The van der Waals surface area contributed by atoms with Gasteiger partial charge in [-0.05, 0) is 41.8 Å². The number of hydrogen-bond donors (Lipinski definition) is 1. The van der Waals surface area contributed by atoms with Crippen LogP contribution in [0.4, 0.5) is 5.69 Å². The molecule has 94 valence electrons. The molecule has 1 heterocycles. The maximum absolute atomic E-state index is 6.03. The Morgan fingerprint density at radius 1 is 1.00 bits per heavy atom. The number of nitrogen functional groups attached to an aromatic ring is 1. The zero-order chi connectivity index (χ0) is 13.2. The zero-order valence-corrected chi connectivity index (χ0v) is 11.1. The molecule has 0 aliphatic carbocycles. The Morgan fingerprint density at radius 2 is 1.84 bits per heavy atom. The first-order valence-corrected chi connectivity index (χ1v) is 6.48. The molecule has 3 aromatic rings. The molecule has 2 nitrogen and oxygen atoms in total. The molecule has 0 saturated carbocycles. The average molecular weight is 269 g/mol. The van der Waals surface area contributed by atoms with Crippen molar-refractivity contribution in [2.75, 3.05) is 5.73 Å². The molecule has 0 aliphatic rings. The number of nitrogens with two attached hydrogens (primary N) is 1. The van der Waals surface area contributed by atoms with E-state index in [1.165, 1.54) is 5.56 Å². The SMILES string of the molecule is Nc1ccc(Cc2cnc3ccccc3c2)cc1Cl. The monoisotopic (exact) mass is 268 g/mol. The fourth-order valence-corrected chi connectivity index (χ4v) is 2.33. The predicted octanol–water partition coefficient (Wildman–Crippen LogP) is 4.06. The van der Waals surface area contributed by atoms with Crippen LogP contribution in [0.2, 0.25) is 5.02 Å². The van der Waals surface area contributed by atoms with Gasteiger partial charge in [-0.1, -0.05) is 35.9 Å². The first kappa shape index (κ1) is 12.0. The summed E-state index contributed by atoms with van der Waals surface area (Å²) in [5.74, 6) is 0. The van der Waals surface area contributed by atoms with Gasteiger partial charge in [-0.15, -0.1) is 0 Å². The molecule has 0 fully saturated rings. The average Bonchev–Trinajstić information content (AvgIpc) is 2.43. The number of anilines is 1. The molecule has 0 spiro atoms. The molecule has 0 bridgehead atoms. The lowest BCUT2D eigenvalue weighted by molar-refractivity contribution is 1.17. The minimum atomic E-state index is 0.603. The second-order valence-electron chi connectivity index (χ2n) is 4.57. The highest BCUT2D eigenvalue weighted by atomic mass is 35.5. The number of rotatable bonds is 2. The smallest absolute Gasteiger partial charge is 0.0702 e. The number of halogens is 1. The minimum Gasteiger partial charge on any atom is -0.398 e. The Morgan fingerprint density at radius 3 is 2.68 bits per heavy atom. The van der Waals surface area contributed by atoms with E-state index >= 15 is 0 Å². The van der Waals surface area contributed by atoms with Gasteiger partial charge in [0.25, 0.3) is 0 Å². The molecule has 3 rings (SSSR count). The second-order valence-corrected chi connectivity index (χ2v) is 4.98. The van der Waals surface area contributed by atoms with E-state index in [-0.39, 0.29) is 0 Å². The van der Waals surface area contributed by atoms with E-state index in [1.807, 2.05) is 42.6 Å². The van der Waals surface area contributed by atoms with Gasteiger partial charge in [-0.2, -0.15) is 0 Å². The first-order chi connectivity index (χ1) is 9.22. The van der Waals surface area contributed by atoms with E-state index in [4.69, 9.17) is 17.3 Å². The highest BCUT2D eigenvalue weighted by molar-refractivity contribution is 6.33. The molecule has 0 atom stereocenters. The molecule has 0 radical (unpaired) electrons. The van der Waals surface area contributed by atoms with Gasteiger partial charge in [0.2, 0.25) is 0 Å². The third-order valence-corrected chi connectivity index (χ3v) is 3.45. The lowest BCUT2D eigenvalue weighted by Gasteiger charge is -2.05. The van der Waals surface area contributed by atoms with Gasteiger partial charge < -0.3 is 5.73 Å². The topological polar surface area (TPSA) is 38.9 Å². The fourth-order valence-electron chi connectivity index (χ4n) is 2.13. The van der Waals surface area contributed by atoms with E-state index in [1.54, 1.807) is 0 Å². The summed E-state index contributed by atoms with van der Waals surface area (Å²) in [5, 5.41) is 1.76. The lowest BCUT2D eigenvalue weighted by Crippen LogP contribution is -1.92. The van der Waals surface area contributed by atoms with E-state index in [2.05, 4.69) is 17.1 Å². The summed E-state index contributed by atoms with van der Waals surface area (Å²) in [5.41, 5.74) is 9.64. The Labute approximate surface area is 116 Å². The Balaban J connectivity index is 1.94. The van der Waals surface area contributed by atoms with E-state index in [9.17, 15) is 0 Å². The summed E-state index contributed by atoms with van der Waals surface area (Å²) >= 11 is 6.03. The molecule has 2 N–H and O–H groups in total. The van der Waals surface area contributed by atoms with Crippen LogP contribution >= 0.6 is 11.6 Å². The third-order valence-electron chi connectivity index (χ3n) is 3.12. The molecule has 3 heteroatoms. The van der Waals surface area contributed by atoms with Crippen LogP contribution in [0.5, 0.6) is 0 Å². The van der Waals surface area contributed by atoms with E-state index < -0.39 is 0 Å². The molecule has 0 aliphatic heterocycles. The van der Waals surface area contributed by atoms with Gasteiger partial charge in [0, 0.05) is 11.6 Å². The quantitative estimate of drug-likeness (QED) is 0.712. The van der Waals surface area contributed by atoms with Crippen molar-refractivity contribution in [3.63, 3.8) is 0 Å². The van der Waals surface area contributed by atoms with Crippen LogP contribution in [0.3, 0.4) is 0 Å². The maximum Gasteiger partial charge on any atom is 0.0702 e. The van der Waals surface area contributed by atoms with Crippen LogP contribution < -0.4 is 5.73 Å². The van der Waals surface area contributed by atoms with Crippen molar-refractivity contribution >= 4 is 28.2 Å². The van der Waals surface area contributed by atoms with Crippen molar-refractivity contribution in [2.24, 2.45) is 0 Å². The first-order valence-electron chi connectivity index (χ1n) is 6.10. The van der Waals surface area contributed by atoms with Crippen LogP contribution in [-0.4, -0.2) is 4.98 Å². The fraction of sp³-hybridized carbons (Fsp3) is 0.0625. The summed E-state index contributed by atoms with van der Waals surface area (Å²) in [6, 6.07) is 16.0. The van der Waals surface area contributed by atoms with Crippen LogP contribution in [-0.2, 0) is 6.42 Å². The minimum absolute atomic E-state index is 0.603. The summed E-state index contributed by atoms with van der Waals surface area (Å²) in [6.45, 7) is 0. The van der Waals surface area contributed by atoms with Crippen LogP contribution in [0.1, 0.15) is 11.1 Å². The Bertz CT molecular complexity index is 738. The van der Waals surface area contributed by atoms with Crippen molar-refractivity contribution in [1.29, 1.82) is 0 Å². The van der Waals surface area contributed by atoms with Crippen molar-refractivity contribution in [1.82, 2.24) is 4.98 Å². The maximum atomic E-state index is 6.03. The molecule has 1 aromatic heterocycles.